The van der Waals surface area contributed by atoms with Gasteiger partial charge in [-0.3, -0.25) is 0 Å². The van der Waals surface area contributed by atoms with Crippen molar-refractivity contribution in [2.24, 2.45) is 0 Å². The largest absolute Gasteiger partial charge is 0.379 e. The van der Waals surface area contributed by atoms with E-state index in [1.54, 1.807) is 0 Å². The van der Waals surface area contributed by atoms with Crippen molar-refractivity contribution in [1.82, 2.24) is 15.5 Å². The number of rotatable bonds is 5. The fourth-order valence-corrected chi connectivity index (χ4v) is 2.99. The zero-order valence-electron chi connectivity index (χ0n) is 11.9. The molecule has 2 aromatic rings. The first kappa shape index (κ1) is 14.7. The molecule has 1 fully saturated rings. The molecule has 2 unspecified atom stereocenters. The summed E-state index contributed by atoms with van der Waals surface area (Å²) in [5.41, 5.74) is 1.15. The number of benzene rings is 1. The maximum absolute atomic E-state index is 5.53. The van der Waals surface area contributed by atoms with E-state index in [1.807, 2.05) is 18.2 Å². The van der Waals surface area contributed by atoms with Gasteiger partial charge in [-0.1, -0.05) is 46.2 Å². The molecule has 1 saturated heterocycles. The zero-order chi connectivity index (χ0) is 14.7. The molecule has 1 N–H and O–H groups in total. The lowest BCUT2D eigenvalue weighted by atomic mass is 10.0. The minimum atomic E-state index is 0.144. The molecule has 5 nitrogen and oxygen atoms in total. The van der Waals surface area contributed by atoms with E-state index in [1.165, 1.54) is 0 Å². The molecule has 21 heavy (non-hydrogen) atoms. The molecule has 1 aromatic carbocycles. The van der Waals surface area contributed by atoms with Crippen LogP contribution in [0.5, 0.6) is 0 Å². The van der Waals surface area contributed by atoms with Gasteiger partial charge in [-0.15, -0.1) is 0 Å². The van der Waals surface area contributed by atoms with Gasteiger partial charge in [0.25, 0.3) is 0 Å². The lowest BCUT2D eigenvalue weighted by Gasteiger charge is -2.13. The van der Waals surface area contributed by atoms with Gasteiger partial charge in [0.2, 0.25) is 5.89 Å². The number of nitrogens with zero attached hydrogens (tertiary/aromatic N) is 2. The Morgan fingerprint density at radius 2 is 2.19 bits per heavy atom. The summed E-state index contributed by atoms with van der Waals surface area (Å²) in [6, 6.07) is 8.33. The smallest absolute Gasteiger partial charge is 0.233 e. The number of halogens is 1. The number of ether oxygens (including phenoxy) is 1. The van der Waals surface area contributed by atoms with Gasteiger partial charge in [0.15, 0.2) is 5.82 Å². The molecule has 0 bridgehead atoms. The Labute approximate surface area is 132 Å². The zero-order valence-corrected chi connectivity index (χ0v) is 13.5. The average molecular weight is 352 g/mol. The Hall–Kier alpha value is -1.24. The number of hydrogen-bond acceptors (Lipinski definition) is 5. The third-order valence-electron chi connectivity index (χ3n) is 3.65. The van der Waals surface area contributed by atoms with Crippen molar-refractivity contribution in [2.75, 3.05) is 19.8 Å². The molecular formula is C15H18BrN3O2. The fourth-order valence-electron chi connectivity index (χ4n) is 2.56. The molecule has 112 valence electrons. The van der Waals surface area contributed by atoms with Crippen molar-refractivity contribution in [2.45, 2.75) is 25.3 Å². The van der Waals surface area contributed by atoms with E-state index in [0.717, 1.165) is 16.6 Å². The van der Waals surface area contributed by atoms with Crippen molar-refractivity contribution in [3.05, 3.63) is 46.0 Å². The van der Waals surface area contributed by atoms with Gasteiger partial charge >= 0.3 is 0 Å². The molecule has 2 heterocycles. The van der Waals surface area contributed by atoms with Gasteiger partial charge in [0.05, 0.1) is 19.1 Å². The van der Waals surface area contributed by atoms with Crippen LogP contribution in [0.25, 0.3) is 0 Å². The quantitative estimate of drug-likeness (QED) is 0.896. The Kier molecular flexibility index (Phi) is 4.67. The molecule has 6 heteroatoms. The second kappa shape index (κ2) is 6.68. The standard InChI is InChI=1S/C15H18BrN3O2/c1-2-17-13-9-20-8-11(13)15-18-14(19-21-15)7-10-5-3-4-6-12(10)16/h3-6,11,13,17H,2,7-9H2,1H3. The molecule has 3 rings (SSSR count). The second-order valence-corrected chi connectivity index (χ2v) is 5.98. The third kappa shape index (κ3) is 3.33. The molecule has 0 spiro atoms. The van der Waals surface area contributed by atoms with Crippen LogP contribution in [-0.4, -0.2) is 35.9 Å². The van der Waals surface area contributed by atoms with Crippen LogP contribution < -0.4 is 5.32 Å². The van der Waals surface area contributed by atoms with Gasteiger partial charge in [-0.05, 0) is 18.2 Å². The normalized spacial score (nSPS) is 21.8. The molecule has 1 aromatic heterocycles. The maximum Gasteiger partial charge on any atom is 0.233 e. The second-order valence-electron chi connectivity index (χ2n) is 5.13. The van der Waals surface area contributed by atoms with E-state index in [9.17, 15) is 0 Å². The summed E-state index contributed by atoms with van der Waals surface area (Å²) in [7, 11) is 0. The van der Waals surface area contributed by atoms with Gasteiger partial charge < -0.3 is 14.6 Å². The summed E-state index contributed by atoms with van der Waals surface area (Å²) >= 11 is 3.54. The molecule has 1 aliphatic rings. The van der Waals surface area contributed by atoms with Crippen molar-refractivity contribution >= 4 is 15.9 Å². The Morgan fingerprint density at radius 1 is 1.33 bits per heavy atom. The molecule has 0 saturated carbocycles. The topological polar surface area (TPSA) is 60.2 Å². The first-order chi connectivity index (χ1) is 10.3. The van der Waals surface area contributed by atoms with Crippen LogP contribution in [0.3, 0.4) is 0 Å². The number of nitrogens with one attached hydrogen (secondary N) is 1. The van der Waals surface area contributed by atoms with Crippen LogP contribution >= 0.6 is 15.9 Å². The van der Waals surface area contributed by atoms with Crippen molar-refractivity contribution in [3.63, 3.8) is 0 Å². The van der Waals surface area contributed by atoms with Gasteiger partial charge in [-0.2, -0.15) is 4.98 Å². The summed E-state index contributed by atoms with van der Waals surface area (Å²) in [6.07, 6.45) is 0.657. The lowest BCUT2D eigenvalue weighted by molar-refractivity contribution is 0.185. The first-order valence-electron chi connectivity index (χ1n) is 7.15. The predicted molar refractivity (Wildman–Crippen MR) is 82.3 cm³/mol. The minimum Gasteiger partial charge on any atom is -0.379 e. The van der Waals surface area contributed by atoms with Crippen molar-refractivity contribution in [1.29, 1.82) is 0 Å². The SMILES string of the molecule is CCNC1COCC1c1nc(Cc2ccccc2Br)no1. The van der Waals surface area contributed by atoms with Gasteiger partial charge in [0.1, 0.15) is 0 Å². The van der Waals surface area contributed by atoms with Crippen LogP contribution in [0.15, 0.2) is 33.3 Å². The fraction of sp³-hybridized carbons (Fsp3) is 0.467. The monoisotopic (exact) mass is 351 g/mol. The summed E-state index contributed by atoms with van der Waals surface area (Å²) in [5, 5.41) is 7.50. The van der Waals surface area contributed by atoms with E-state index in [-0.39, 0.29) is 12.0 Å². The predicted octanol–water partition coefficient (Wildman–Crippen LogP) is 2.51. The van der Waals surface area contributed by atoms with Crippen LogP contribution in [0.2, 0.25) is 0 Å². The minimum absolute atomic E-state index is 0.144. The van der Waals surface area contributed by atoms with E-state index in [0.29, 0.717) is 31.3 Å². The molecule has 0 radical (unpaired) electrons. The highest BCUT2D eigenvalue weighted by Crippen LogP contribution is 2.25. The van der Waals surface area contributed by atoms with E-state index >= 15 is 0 Å². The van der Waals surface area contributed by atoms with Crippen molar-refractivity contribution < 1.29 is 9.26 Å². The van der Waals surface area contributed by atoms with E-state index in [4.69, 9.17) is 9.26 Å². The maximum atomic E-state index is 5.53. The van der Waals surface area contributed by atoms with E-state index < -0.39 is 0 Å². The Balaban J connectivity index is 1.73. The summed E-state index contributed by atoms with van der Waals surface area (Å²) in [6.45, 7) is 4.32. The van der Waals surface area contributed by atoms with Crippen molar-refractivity contribution in [3.8, 4) is 0 Å². The van der Waals surface area contributed by atoms with Gasteiger partial charge in [-0.25, -0.2) is 0 Å². The van der Waals surface area contributed by atoms with Crippen LogP contribution in [0.1, 0.15) is 30.1 Å². The summed E-state index contributed by atoms with van der Waals surface area (Å²) < 4.78 is 12.0. The molecular weight excluding hydrogens is 334 g/mol. The van der Waals surface area contributed by atoms with E-state index in [2.05, 4.69) is 44.4 Å². The third-order valence-corrected chi connectivity index (χ3v) is 4.43. The number of hydrogen-bond donors (Lipinski definition) is 1. The summed E-state index contributed by atoms with van der Waals surface area (Å²) in [5.74, 6) is 1.52. The average Bonchev–Trinajstić information content (AvgIpc) is 3.11. The van der Waals surface area contributed by atoms with Crippen LogP contribution in [-0.2, 0) is 11.2 Å². The molecule has 0 amide bonds. The molecule has 0 aliphatic carbocycles. The Morgan fingerprint density at radius 3 is 3.00 bits per heavy atom. The summed E-state index contributed by atoms with van der Waals surface area (Å²) in [4.78, 5) is 4.54. The lowest BCUT2D eigenvalue weighted by Crippen LogP contribution is -2.34. The van der Waals surface area contributed by atoms with Gasteiger partial charge in [0, 0.05) is 16.9 Å². The van der Waals surface area contributed by atoms with Crippen LogP contribution in [0.4, 0.5) is 0 Å². The molecule has 1 aliphatic heterocycles. The first-order valence-corrected chi connectivity index (χ1v) is 7.94. The molecule has 2 atom stereocenters. The van der Waals surface area contributed by atoms with Crippen LogP contribution in [0, 0.1) is 0 Å². The highest BCUT2D eigenvalue weighted by Gasteiger charge is 2.33. The number of likely N-dealkylation sites (N-methyl/N-ethyl adjacent to an activating group) is 1. The Bertz CT molecular complexity index is 602. The number of aromatic nitrogens is 2. The highest BCUT2D eigenvalue weighted by molar-refractivity contribution is 9.10. The highest BCUT2D eigenvalue weighted by atomic mass is 79.9.